The first-order valence-electron chi connectivity index (χ1n) is 7.20. The number of carbonyl (C=O) groups is 1. The first-order chi connectivity index (χ1) is 10.2. The number of anilines is 1. The number of hydrogen-bond donors (Lipinski definition) is 1. The highest BCUT2D eigenvalue weighted by atomic mass is 35.5. The molecule has 0 bridgehead atoms. The van der Waals surface area contributed by atoms with Crippen molar-refractivity contribution in [2.75, 3.05) is 4.90 Å². The number of rotatable bonds is 2. The molecule has 3 rings (SSSR count). The molecule has 0 amide bonds. The largest absolute Gasteiger partial charge is 0.343 e. The van der Waals surface area contributed by atoms with Crippen LogP contribution in [0.25, 0.3) is 0 Å². The van der Waals surface area contributed by atoms with E-state index in [0.717, 1.165) is 0 Å². The van der Waals surface area contributed by atoms with Crippen LogP contribution in [-0.2, 0) is 10.3 Å². The Hall–Kier alpha value is -1.34. The van der Waals surface area contributed by atoms with Gasteiger partial charge in [0.05, 0.1) is 6.04 Å². The molecule has 2 atom stereocenters. The van der Waals surface area contributed by atoms with Crippen LogP contribution in [0.2, 0.25) is 5.28 Å². The number of Topliss-reactive ketones (excluding diaryl/α,β-unsaturated/α-hetero) is 1. The number of aromatic nitrogens is 2. The Morgan fingerprint density at radius 1 is 1.50 bits per heavy atom. The van der Waals surface area contributed by atoms with Crippen molar-refractivity contribution in [3.8, 4) is 0 Å². The second-order valence-corrected chi connectivity index (χ2v) is 6.53. The van der Waals surface area contributed by atoms with Crippen molar-refractivity contribution in [3.63, 3.8) is 0 Å². The minimum atomic E-state index is -2.69. The Labute approximate surface area is 131 Å². The Kier molecular flexibility index (Phi) is 3.41. The Morgan fingerprint density at radius 3 is 2.68 bits per heavy atom. The van der Waals surface area contributed by atoms with Gasteiger partial charge in [0, 0.05) is 30.6 Å². The summed E-state index contributed by atoms with van der Waals surface area (Å²) in [5.74, 6) is -2.49. The van der Waals surface area contributed by atoms with E-state index in [2.05, 4.69) is 9.97 Å². The normalized spacial score (nSPS) is 30.9. The third-order valence-corrected chi connectivity index (χ3v) is 4.72. The van der Waals surface area contributed by atoms with Gasteiger partial charge in [0.2, 0.25) is 5.28 Å². The van der Waals surface area contributed by atoms with Crippen LogP contribution in [0, 0.1) is 0 Å². The lowest BCUT2D eigenvalue weighted by Crippen LogP contribution is -2.64. The molecule has 1 aliphatic carbocycles. The highest BCUT2D eigenvalue weighted by Gasteiger charge is 2.55. The van der Waals surface area contributed by atoms with Gasteiger partial charge in [-0.2, -0.15) is 0 Å². The fourth-order valence-electron chi connectivity index (χ4n) is 3.30. The van der Waals surface area contributed by atoms with Crippen molar-refractivity contribution in [3.05, 3.63) is 17.0 Å². The molecule has 2 heterocycles. The van der Waals surface area contributed by atoms with Crippen molar-refractivity contribution in [1.82, 2.24) is 9.97 Å². The number of fused-ring (bicyclic) bond motifs is 1. The summed E-state index contributed by atoms with van der Waals surface area (Å²) in [4.78, 5) is 22.4. The van der Waals surface area contributed by atoms with E-state index < -0.39 is 23.5 Å². The van der Waals surface area contributed by atoms with E-state index >= 15 is 0 Å². The summed E-state index contributed by atoms with van der Waals surface area (Å²) >= 11 is 5.86. The number of halogens is 3. The predicted molar refractivity (Wildman–Crippen MR) is 78.1 cm³/mol. The zero-order valence-electron chi connectivity index (χ0n) is 12.3. The van der Waals surface area contributed by atoms with E-state index in [1.807, 2.05) is 6.92 Å². The molecule has 0 spiro atoms. The molecule has 2 N–H and O–H groups in total. The number of ketones is 1. The number of nitrogens with zero attached hydrogens (tertiary/aromatic N) is 3. The molecule has 0 aromatic carbocycles. The minimum Gasteiger partial charge on any atom is -0.343 e. The number of hydrogen-bond acceptors (Lipinski definition) is 5. The van der Waals surface area contributed by atoms with E-state index in [1.165, 1.54) is 6.20 Å². The maximum Gasteiger partial charge on any atom is 0.252 e. The molecule has 1 aromatic rings. The van der Waals surface area contributed by atoms with Gasteiger partial charge in [-0.05, 0) is 24.9 Å². The Morgan fingerprint density at radius 2 is 2.14 bits per heavy atom. The van der Waals surface area contributed by atoms with Crippen LogP contribution in [0.1, 0.15) is 38.7 Å². The van der Waals surface area contributed by atoms with Gasteiger partial charge in [-0.1, -0.05) is 6.92 Å². The van der Waals surface area contributed by atoms with Crippen molar-refractivity contribution in [2.45, 2.75) is 56.7 Å². The summed E-state index contributed by atoms with van der Waals surface area (Å²) in [5.41, 5.74) is 5.36. The lowest BCUT2D eigenvalue weighted by molar-refractivity contribution is -0.128. The minimum absolute atomic E-state index is 0.00911. The van der Waals surface area contributed by atoms with Gasteiger partial charge in [0.25, 0.3) is 5.92 Å². The summed E-state index contributed by atoms with van der Waals surface area (Å²) in [7, 11) is 0. The van der Waals surface area contributed by atoms with Gasteiger partial charge >= 0.3 is 0 Å². The van der Waals surface area contributed by atoms with Crippen molar-refractivity contribution in [1.29, 1.82) is 0 Å². The third kappa shape index (κ3) is 2.18. The number of nitrogens with two attached hydrogens (primary N) is 1. The molecular weight excluding hydrogens is 314 g/mol. The van der Waals surface area contributed by atoms with E-state index in [0.29, 0.717) is 17.8 Å². The number of alkyl halides is 2. The molecule has 120 valence electrons. The molecule has 1 aliphatic heterocycles. The highest BCUT2D eigenvalue weighted by Crippen LogP contribution is 2.47. The van der Waals surface area contributed by atoms with E-state index in [9.17, 15) is 13.6 Å². The molecule has 5 nitrogen and oxygen atoms in total. The predicted octanol–water partition coefficient (Wildman–Crippen LogP) is 2.27. The molecule has 1 saturated carbocycles. The summed E-state index contributed by atoms with van der Waals surface area (Å²) in [6, 6.07) is -1.01. The average molecular weight is 331 g/mol. The van der Waals surface area contributed by atoms with Crippen molar-refractivity contribution < 1.29 is 13.6 Å². The maximum atomic E-state index is 13.3. The van der Waals surface area contributed by atoms with Crippen LogP contribution in [0.4, 0.5) is 14.6 Å². The smallest absolute Gasteiger partial charge is 0.252 e. The summed E-state index contributed by atoms with van der Waals surface area (Å²) < 4.78 is 26.6. The van der Waals surface area contributed by atoms with Gasteiger partial charge in [-0.15, -0.1) is 0 Å². The van der Waals surface area contributed by atoms with Crippen LogP contribution in [0.5, 0.6) is 0 Å². The molecule has 1 aromatic heterocycles. The van der Waals surface area contributed by atoms with Gasteiger partial charge in [0.1, 0.15) is 11.4 Å². The van der Waals surface area contributed by atoms with Crippen LogP contribution < -0.4 is 10.6 Å². The van der Waals surface area contributed by atoms with E-state index in [4.69, 9.17) is 17.3 Å². The fraction of sp³-hybridized carbons (Fsp3) is 0.643. The standard InChI is InChI=1S/C14H17ClF2N4O/c1-3-9-10(22)13(2,18)8-6-19-12(15)20-11(8)21(9)7-4-14(16,17)5-7/h6-7,9H,3-5,18H2,1-2H3/t9-,13?/m1/s1. The quantitative estimate of drug-likeness (QED) is 0.842. The lowest BCUT2D eigenvalue weighted by atomic mass is 9.77. The molecule has 0 saturated heterocycles. The Bertz CT molecular complexity index is 629. The van der Waals surface area contributed by atoms with Crippen LogP contribution in [0.3, 0.4) is 0 Å². The molecule has 1 unspecified atom stereocenters. The van der Waals surface area contributed by atoms with Crippen molar-refractivity contribution in [2.24, 2.45) is 5.73 Å². The topological polar surface area (TPSA) is 72.1 Å². The van der Waals surface area contributed by atoms with Gasteiger partial charge in [-0.3, -0.25) is 4.79 Å². The van der Waals surface area contributed by atoms with Gasteiger partial charge in [0.15, 0.2) is 5.78 Å². The van der Waals surface area contributed by atoms with Gasteiger partial charge in [-0.25, -0.2) is 18.7 Å². The highest BCUT2D eigenvalue weighted by molar-refractivity contribution is 6.28. The van der Waals surface area contributed by atoms with Crippen molar-refractivity contribution >= 4 is 23.2 Å². The SMILES string of the molecule is CC[C@@H]1C(=O)C(C)(N)c2cnc(Cl)nc2N1C1CC(F)(F)C1. The zero-order valence-corrected chi connectivity index (χ0v) is 13.1. The van der Waals surface area contributed by atoms with Crippen LogP contribution in [0.15, 0.2) is 6.20 Å². The summed E-state index contributed by atoms with van der Waals surface area (Å²) in [6.45, 7) is 3.43. The molecule has 0 radical (unpaired) electrons. The van der Waals surface area contributed by atoms with Gasteiger partial charge < -0.3 is 10.6 Å². The van der Waals surface area contributed by atoms with E-state index in [1.54, 1.807) is 11.8 Å². The zero-order chi connectivity index (χ0) is 16.3. The first kappa shape index (κ1) is 15.6. The van der Waals surface area contributed by atoms with Crippen LogP contribution in [-0.4, -0.2) is 33.8 Å². The number of carbonyl (C=O) groups excluding carboxylic acids is 1. The maximum absolute atomic E-state index is 13.3. The van der Waals surface area contributed by atoms with Crippen LogP contribution >= 0.6 is 11.6 Å². The molecule has 2 aliphatic rings. The molecular formula is C14H17ClF2N4O. The summed E-state index contributed by atoms with van der Waals surface area (Å²) in [6.07, 6.45) is 1.30. The lowest BCUT2D eigenvalue weighted by Gasteiger charge is -2.51. The first-order valence-corrected chi connectivity index (χ1v) is 7.57. The summed E-state index contributed by atoms with van der Waals surface area (Å²) in [5, 5.41) is 0.00911. The molecule has 8 heteroatoms. The Balaban J connectivity index is 2.11. The fourth-order valence-corrected chi connectivity index (χ4v) is 3.43. The third-order valence-electron chi connectivity index (χ3n) is 4.54. The second kappa shape index (κ2) is 4.83. The molecule has 22 heavy (non-hydrogen) atoms. The second-order valence-electron chi connectivity index (χ2n) is 6.19. The monoisotopic (exact) mass is 330 g/mol. The van der Waals surface area contributed by atoms with E-state index in [-0.39, 0.29) is 23.9 Å². The average Bonchev–Trinajstić information content (AvgIpc) is 2.39. The molecule has 1 fully saturated rings.